The molecule has 2 saturated heterocycles. The number of likely N-dealkylation sites (tertiary alicyclic amines) is 1. The lowest BCUT2D eigenvalue weighted by atomic mass is 9.82. The van der Waals surface area contributed by atoms with Gasteiger partial charge in [-0.25, -0.2) is 0 Å². The maximum Gasteiger partial charge on any atom is 0.241 e. The van der Waals surface area contributed by atoms with E-state index in [9.17, 15) is 0 Å². The van der Waals surface area contributed by atoms with Gasteiger partial charge in [-0.15, -0.1) is 0 Å². The van der Waals surface area contributed by atoms with Gasteiger partial charge in [0.25, 0.3) is 0 Å². The summed E-state index contributed by atoms with van der Waals surface area (Å²) >= 11 is 0. The maximum absolute atomic E-state index is 5.71. The number of ether oxygens (including phenoxy) is 2. The molecule has 4 rings (SSSR count). The molecule has 25 heavy (non-hydrogen) atoms. The van der Waals surface area contributed by atoms with E-state index in [1.807, 2.05) is 31.2 Å². The predicted octanol–water partition coefficient (Wildman–Crippen LogP) is 3.14. The minimum atomic E-state index is 0.343. The van der Waals surface area contributed by atoms with E-state index < -0.39 is 0 Å². The summed E-state index contributed by atoms with van der Waals surface area (Å²) in [6.45, 7) is 7.29. The molecule has 6 nitrogen and oxygen atoms in total. The van der Waals surface area contributed by atoms with E-state index in [-0.39, 0.29) is 0 Å². The summed E-state index contributed by atoms with van der Waals surface area (Å²) in [5.74, 6) is 2.16. The predicted molar refractivity (Wildman–Crippen MR) is 93.3 cm³/mol. The van der Waals surface area contributed by atoms with Crippen LogP contribution in [0.5, 0.6) is 5.75 Å². The minimum absolute atomic E-state index is 0.343. The van der Waals surface area contributed by atoms with Gasteiger partial charge in [-0.1, -0.05) is 5.16 Å². The van der Waals surface area contributed by atoms with Crippen LogP contribution in [-0.2, 0) is 11.3 Å². The van der Waals surface area contributed by atoms with Gasteiger partial charge in [0.05, 0.1) is 19.8 Å². The van der Waals surface area contributed by atoms with Crippen molar-refractivity contribution >= 4 is 0 Å². The van der Waals surface area contributed by atoms with Crippen molar-refractivity contribution in [2.24, 2.45) is 5.41 Å². The molecule has 3 heterocycles. The first-order valence-electron chi connectivity index (χ1n) is 9.12. The van der Waals surface area contributed by atoms with E-state index in [0.29, 0.717) is 30.3 Å². The number of hydrogen-bond donors (Lipinski definition) is 0. The molecule has 0 amide bonds. The third-order valence-electron chi connectivity index (χ3n) is 5.17. The monoisotopic (exact) mass is 343 g/mol. The van der Waals surface area contributed by atoms with E-state index in [1.165, 1.54) is 19.3 Å². The van der Waals surface area contributed by atoms with Crippen LogP contribution in [0, 0.1) is 5.41 Å². The van der Waals surface area contributed by atoms with Crippen LogP contribution < -0.4 is 4.74 Å². The van der Waals surface area contributed by atoms with Crippen molar-refractivity contribution in [1.29, 1.82) is 0 Å². The van der Waals surface area contributed by atoms with Crippen molar-refractivity contribution in [3.05, 3.63) is 30.2 Å². The Hall–Kier alpha value is -1.92. The van der Waals surface area contributed by atoms with Crippen LogP contribution in [0.4, 0.5) is 0 Å². The first-order valence-corrected chi connectivity index (χ1v) is 9.12. The summed E-state index contributed by atoms with van der Waals surface area (Å²) < 4.78 is 16.6. The average molecular weight is 343 g/mol. The van der Waals surface area contributed by atoms with Crippen molar-refractivity contribution in [2.75, 3.05) is 32.9 Å². The largest absolute Gasteiger partial charge is 0.494 e. The van der Waals surface area contributed by atoms with Gasteiger partial charge in [0.1, 0.15) is 5.75 Å². The lowest BCUT2D eigenvalue weighted by molar-refractivity contribution is -0.00288. The summed E-state index contributed by atoms with van der Waals surface area (Å²) in [6.07, 6.45) is 3.65. The molecule has 0 bridgehead atoms. The summed E-state index contributed by atoms with van der Waals surface area (Å²) in [6, 6.07) is 7.79. The molecule has 1 unspecified atom stereocenters. The topological polar surface area (TPSA) is 60.6 Å². The summed E-state index contributed by atoms with van der Waals surface area (Å²) in [4.78, 5) is 6.97. The van der Waals surface area contributed by atoms with Crippen molar-refractivity contribution in [3.8, 4) is 17.1 Å². The van der Waals surface area contributed by atoms with Crippen LogP contribution in [-0.4, -0.2) is 48.0 Å². The molecule has 2 aliphatic rings. The Morgan fingerprint density at radius 2 is 2.12 bits per heavy atom. The average Bonchev–Trinajstić information content (AvgIpc) is 3.25. The second-order valence-corrected chi connectivity index (χ2v) is 7.09. The Labute approximate surface area is 148 Å². The fraction of sp³-hybridized carbons (Fsp3) is 0.579. The molecule has 134 valence electrons. The molecule has 2 aliphatic heterocycles. The van der Waals surface area contributed by atoms with Gasteiger partial charge in [0.15, 0.2) is 0 Å². The van der Waals surface area contributed by atoms with E-state index in [2.05, 4.69) is 15.0 Å². The number of benzene rings is 1. The van der Waals surface area contributed by atoms with Crippen molar-refractivity contribution in [2.45, 2.75) is 32.7 Å². The second-order valence-electron chi connectivity index (χ2n) is 7.09. The zero-order valence-electron chi connectivity index (χ0n) is 14.7. The highest BCUT2D eigenvalue weighted by Gasteiger charge is 2.39. The molecule has 1 atom stereocenters. The number of nitrogens with zero attached hydrogens (tertiary/aromatic N) is 3. The first kappa shape index (κ1) is 16.5. The van der Waals surface area contributed by atoms with E-state index in [4.69, 9.17) is 14.0 Å². The summed E-state index contributed by atoms with van der Waals surface area (Å²) in [5.41, 5.74) is 1.29. The molecule has 2 fully saturated rings. The maximum atomic E-state index is 5.71. The lowest BCUT2D eigenvalue weighted by Gasteiger charge is -2.33. The van der Waals surface area contributed by atoms with Crippen molar-refractivity contribution in [3.63, 3.8) is 0 Å². The minimum Gasteiger partial charge on any atom is -0.494 e. The fourth-order valence-corrected chi connectivity index (χ4v) is 3.89. The van der Waals surface area contributed by atoms with Crippen LogP contribution in [0.2, 0.25) is 0 Å². The van der Waals surface area contributed by atoms with Gasteiger partial charge in [-0.05, 0) is 57.0 Å². The van der Waals surface area contributed by atoms with Crippen LogP contribution in [0.25, 0.3) is 11.4 Å². The van der Waals surface area contributed by atoms with E-state index in [1.54, 1.807) is 0 Å². The normalized spacial score (nSPS) is 24.0. The Bertz CT molecular complexity index is 692. The molecular formula is C19H25N3O3. The van der Waals surface area contributed by atoms with Crippen LogP contribution in [0.1, 0.15) is 32.1 Å². The van der Waals surface area contributed by atoms with E-state index in [0.717, 1.165) is 37.6 Å². The van der Waals surface area contributed by atoms with Gasteiger partial charge in [0.2, 0.25) is 11.7 Å². The number of aromatic nitrogens is 2. The van der Waals surface area contributed by atoms with Gasteiger partial charge in [-0.3, -0.25) is 4.90 Å². The fourth-order valence-electron chi connectivity index (χ4n) is 3.89. The highest BCUT2D eigenvalue weighted by Crippen LogP contribution is 2.38. The second kappa shape index (κ2) is 7.14. The van der Waals surface area contributed by atoms with Gasteiger partial charge < -0.3 is 14.0 Å². The Morgan fingerprint density at radius 3 is 2.88 bits per heavy atom. The molecule has 2 aromatic rings. The standard InChI is InChI=1S/C19H25N3O3/c1-2-24-16-6-4-15(5-7-16)18-20-17(25-21-18)12-22-10-9-19(13-22)8-3-11-23-14-19/h4-7H,2-3,8-14H2,1H3. The SMILES string of the molecule is CCOc1ccc(-c2noc(CN3CCC4(CCCOC4)C3)n2)cc1. The molecule has 0 aliphatic carbocycles. The third-order valence-corrected chi connectivity index (χ3v) is 5.17. The first-order chi connectivity index (χ1) is 12.3. The molecule has 6 heteroatoms. The number of rotatable bonds is 5. The highest BCUT2D eigenvalue weighted by atomic mass is 16.5. The smallest absolute Gasteiger partial charge is 0.241 e. The molecular weight excluding hydrogens is 318 g/mol. The molecule has 0 N–H and O–H groups in total. The summed E-state index contributed by atoms with van der Waals surface area (Å²) in [5, 5.41) is 4.13. The lowest BCUT2D eigenvalue weighted by Crippen LogP contribution is -2.34. The van der Waals surface area contributed by atoms with Gasteiger partial charge in [-0.2, -0.15) is 4.98 Å². The van der Waals surface area contributed by atoms with E-state index >= 15 is 0 Å². The van der Waals surface area contributed by atoms with Crippen LogP contribution in [0.3, 0.4) is 0 Å². The molecule has 1 spiro atoms. The molecule has 0 saturated carbocycles. The Kier molecular flexibility index (Phi) is 4.72. The number of hydrogen-bond acceptors (Lipinski definition) is 6. The molecule has 1 aromatic carbocycles. The van der Waals surface area contributed by atoms with Crippen molar-refractivity contribution in [1.82, 2.24) is 15.0 Å². The molecule has 0 radical (unpaired) electrons. The highest BCUT2D eigenvalue weighted by molar-refractivity contribution is 5.55. The Morgan fingerprint density at radius 1 is 1.24 bits per heavy atom. The van der Waals surface area contributed by atoms with Crippen LogP contribution >= 0.6 is 0 Å². The third kappa shape index (κ3) is 3.70. The Balaban J connectivity index is 1.38. The van der Waals surface area contributed by atoms with Gasteiger partial charge in [0, 0.05) is 24.1 Å². The van der Waals surface area contributed by atoms with Crippen LogP contribution in [0.15, 0.2) is 28.8 Å². The zero-order chi connectivity index (χ0) is 17.1. The van der Waals surface area contributed by atoms with Crippen molar-refractivity contribution < 1.29 is 14.0 Å². The van der Waals surface area contributed by atoms with Gasteiger partial charge >= 0.3 is 0 Å². The zero-order valence-corrected chi connectivity index (χ0v) is 14.7. The summed E-state index contributed by atoms with van der Waals surface area (Å²) in [7, 11) is 0. The molecule has 1 aromatic heterocycles. The quantitative estimate of drug-likeness (QED) is 0.831.